The van der Waals surface area contributed by atoms with Crippen molar-refractivity contribution in [2.75, 3.05) is 0 Å². The number of pyridine rings is 1. The van der Waals surface area contributed by atoms with Crippen LogP contribution in [0.15, 0.2) is 18.5 Å². The van der Waals surface area contributed by atoms with Gasteiger partial charge in [-0.2, -0.15) is 13.2 Å². The van der Waals surface area contributed by atoms with E-state index in [9.17, 15) is 23.1 Å². The highest BCUT2D eigenvalue weighted by atomic mass is 32.1. The number of nitrogens with one attached hydrogen (secondary N) is 1. The third kappa shape index (κ3) is 3.30. The highest BCUT2D eigenvalue weighted by Crippen LogP contribution is 2.28. The van der Waals surface area contributed by atoms with Gasteiger partial charge in [-0.1, -0.05) is 0 Å². The fraction of sp³-hybridized carbons (Fsp3) is 0.417. The van der Waals surface area contributed by atoms with Gasteiger partial charge < -0.3 is 10.4 Å². The van der Waals surface area contributed by atoms with Crippen LogP contribution in [0.3, 0.4) is 0 Å². The van der Waals surface area contributed by atoms with Crippen LogP contribution in [0.25, 0.3) is 10.2 Å². The summed E-state index contributed by atoms with van der Waals surface area (Å²) in [6, 6.07) is 1.65. The molecular weight excluding hydrogens is 307 g/mol. The van der Waals surface area contributed by atoms with Crippen LogP contribution < -0.4 is 5.32 Å². The molecule has 1 atom stereocenters. The van der Waals surface area contributed by atoms with Crippen molar-refractivity contribution in [3.05, 3.63) is 23.5 Å². The van der Waals surface area contributed by atoms with Gasteiger partial charge in [0.15, 0.2) is 11.1 Å². The predicted molar refractivity (Wildman–Crippen MR) is 71.0 cm³/mol. The van der Waals surface area contributed by atoms with Crippen molar-refractivity contribution in [2.45, 2.75) is 31.7 Å². The number of hydrogen-bond acceptors (Lipinski definition) is 5. The molecule has 0 aliphatic heterocycles. The summed E-state index contributed by atoms with van der Waals surface area (Å²) in [7, 11) is 0. The zero-order valence-electron chi connectivity index (χ0n) is 11.1. The Balaban J connectivity index is 2.20. The molecule has 0 radical (unpaired) electrons. The van der Waals surface area contributed by atoms with Gasteiger partial charge in [-0.3, -0.25) is 9.78 Å². The van der Waals surface area contributed by atoms with Crippen molar-refractivity contribution >= 4 is 27.5 Å². The zero-order chi connectivity index (χ0) is 15.8. The lowest BCUT2D eigenvalue weighted by Gasteiger charge is -2.32. The van der Waals surface area contributed by atoms with E-state index in [0.717, 1.165) is 25.2 Å². The lowest BCUT2D eigenvalue weighted by Crippen LogP contribution is -2.57. The quantitative estimate of drug-likeness (QED) is 0.909. The molecule has 0 aromatic carbocycles. The average molecular weight is 319 g/mol. The fourth-order valence-corrected chi connectivity index (χ4v) is 2.53. The Morgan fingerprint density at radius 3 is 2.67 bits per heavy atom. The van der Waals surface area contributed by atoms with Gasteiger partial charge in [-0.05, 0) is 19.9 Å². The first kappa shape index (κ1) is 15.6. The van der Waals surface area contributed by atoms with Gasteiger partial charge in [-0.25, -0.2) is 4.98 Å². The molecule has 0 aliphatic rings. The second-order valence-corrected chi connectivity index (χ2v) is 6.01. The summed E-state index contributed by atoms with van der Waals surface area (Å²) in [6.07, 6.45) is -4.52. The molecule has 0 saturated carbocycles. The summed E-state index contributed by atoms with van der Waals surface area (Å²) in [5.74, 6) is -0.774. The molecule has 0 saturated heterocycles. The maximum atomic E-state index is 12.5. The smallest absolute Gasteiger partial charge is 0.382 e. The number of nitrogens with zero attached hydrogens (tertiary/aromatic N) is 2. The number of aliphatic hydroxyl groups excluding tert-OH is 1. The maximum Gasteiger partial charge on any atom is 0.416 e. The minimum atomic E-state index is -4.83. The van der Waals surface area contributed by atoms with E-state index in [1.165, 1.54) is 12.4 Å². The van der Waals surface area contributed by atoms with Crippen LogP contribution in [0.5, 0.6) is 0 Å². The molecule has 2 aromatic heterocycles. The maximum absolute atomic E-state index is 12.5. The normalized spacial score (nSPS) is 14.2. The van der Waals surface area contributed by atoms with Crippen LogP contribution >= 0.6 is 11.3 Å². The lowest BCUT2D eigenvalue weighted by atomic mass is 9.97. The molecule has 0 fully saturated rings. The van der Waals surface area contributed by atoms with Gasteiger partial charge in [0.2, 0.25) is 0 Å². The first-order valence-corrected chi connectivity index (χ1v) is 6.71. The largest absolute Gasteiger partial charge is 0.416 e. The van der Waals surface area contributed by atoms with Crippen LogP contribution in [0.1, 0.15) is 23.6 Å². The van der Waals surface area contributed by atoms with Crippen LogP contribution in [-0.4, -0.2) is 38.8 Å². The van der Waals surface area contributed by atoms with Crippen LogP contribution in [0, 0.1) is 0 Å². The molecule has 5 nitrogen and oxygen atoms in total. The van der Waals surface area contributed by atoms with Gasteiger partial charge in [0, 0.05) is 6.20 Å². The highest BCUT2D eigenvalue weighted by Gasteiger charge is 2.48. The summed E-state index contributed by atoms with van der Waals surface area (Å²) >= 11 is 1.04. The molecule has 9 heteroatoms. The SMILES string of the molecule is CC(C)(NC(=O)c1nc2cnccc2s1)C(O)C(F)(F)F. The van der Waals surface area contributed by atoms with Crippen LogP contribution in [0.2, 0.25) is 0 Å². The summed E-state index contributed by atoms with van der Waals surface area (Å²) in [5.41, 5.74) is -1.38. The average Bonchev–Trinajstić information content (AvgIpc) is 2.80. The summed E-state index contributed by atoms with van der Waals surface area (Å²) in [6.45, 7) is 2.19. The van der Waals surface area contributed by atoms with Gasteiger partial charge in [0.05, 0.1) is 16.4 Å². The van der Waals surface area contributed by atoms with Gasteiger partial charge in [0.1, 0.15) is 5.52 Å². The standard InChI is InChI=1S/C12H12F3N3O2S/c1-11(2,10(20)12(13,14)15)18-8(19)9-17-6-5-16-4-3-7(6)21-9/h3-5,10,20H,1-2H3,(H,18,19). The number of aromatic nitrogens is 2. The topological polar surface area (TPSA) is 75.1 Å². The van der Waals surface area contributed by atoms with E-state index in [1.54, 1.807) is 6.07 Å². The van der Waals surface area contributed by atoms with Gasteiger partial charge in [-0.15, -0.1) is 11.3 Å². The number of alkyl halides is 3. The number of carbonyl (C=O) groups is 1. The molecule has 2 N–H and O–H groups in total. The minimum Gasteiger partial charge on any atom is -0.382 e. The van der Waals surface area contributed by atoms with Crippen LogP contribution in [0.4, 0.5) is 13.2 Å². The molecule has 1 amide bonds. The highest BCUT2D eigenvalue weighted by molar-refractivity contribution is 7.20. The molecule has 0 bridgehead atoms. The summed E-state index contributed by atoms with van der Waals surface area (Å²) in [5, 5.41) is 11.5. The third-order valence-corrected chi connectivity index (χ3v) is 3.85. The van der Waals surface area contributed by atoms with Crippen molar-refractivity contribution in [3.63, 3.8) is 0 Å². The van der Waals surface area contributed by atoms with Gasteiger partial charge in [0.25, 0.3) is 5.91 Å². The van der Waals surface area contributed by atoms with Crippen molar-refractivity contribution in [1.82, 2.24) is 15.3 Å². The number of fused-ring (bicyclic) bond motifs is 1. The Morgan fingerprint density at radius 2 is 2.10 bits per heavy atom. The summed E-state index contributed by atoms with van der Waals surface area (Å²) < 4.78 is 38.3. The molecule has 1 unspecified atom stereocenters. The third-order valence-electron chi connectivity index (χ3n) is 2.81. The minimum absolute atomic E-state index is 0.0143. The number of hydrogen-bond donors (Lipinski definition) is 2. The van der Waals surface area contributed by atoms with E-state index in [2.05, 4.69) is 15.3 Å². The van der Waals surface area contributed by atoms with E-state index in [1.807, 2.05) is 0 Å². The number of carbonyl (C=O) groups excluding carboxylic acids is 1. The fourth-order valence-electron chi connectivity index (χ4n) is 1.70. The van der Waals surface area contributed by atoms with Gasteiger partial charge >= 0.3 is 6.18 Å². The van der Waals surface area contributed by atoms with Crippen molar-refractivity contribution in [3.8, 4) is 0 Å². The van der Waals surface area contributed by atoms with E-state index >= 15 is 0 Å². The Morgan fingerprint density at radius 1 is 1.43 bits per heavy atom. The predicted octanol–water partition coefficient (Wildman–Crippen LogP) is 2.12. The molecular formula is C12H12F3N3O2S. The molecule has 0 aliphatic carbocycles. The zero-order valence-corrected chi connectivity index (χ0v) is 11.9. The number of amides is 1. The van der Waals surface area contributed by atoms with E-state index in [-0.39, 0.29) is 5.01 Å². The Bertz CT molecular complexity index is 636. The molecule has 2 aromatic rings. The summed E-state index contributed by atoms with van der Waals surface area (Å²) in [4.78, 5) is 19.8. The van der Waals surface area contributed by atoms with E-state index < -0.39 is 23.7 Å². The number of halogens is 3. The second kappa shape index (κ2) is 5.23. The Hall–Kier alpha value is -1.74. The van der Waals surface area contributed by atoms with E-state index in [0.29, 0.717) is 10.2 Å². The molecule has 0 spiro atoms. The Kier molecular flexibility index (Phi) is 3.89. The first-order valence-electron chi connectivity index (χ1n) is 5.89. The second-order valence-electron chi connectivity index (χ2n) is 4.98. The number of aliphatic hydroxyl groups is 1. The molecule has 21 heavy (non-hydrogen) atoms. The monoisotopic (exact) mass is 319 g/mol. The number of thiazole rings is 1. The van der Waals surface area contributed by atoms with E-state index in [4.69, 9.17) is 0 Å². The first-order chi connectivity index (χ1) is 9.61. The molecule has 2 rings (SSSR count). The van der Waals surface area contributed by atoms with Crippen molar-refractivity contribution < 1.29 is 23.1 Å². The van der Waals surface area contributed by atoms with Crippen molar-refractivity contribution in [1.29, 1.82) is 0 Å². The van der Waals surface area contributed by atoms with Crippen molar-refractivity contribution in [2.24, 2.45) is 0 Å². The van der Waals surface area contributed by atoms with Crippen LogP contribution in [-0.2, 0) is 0 Å². The Labute approximate surface area is 121 Å². The number of rotatable bonds is 3. The lowest BCUT2D eigenvalue weighted by molar-refractivity contribution is -0.222. The molecule has 114 valence electrons. The molecule has 2 heterocycles.